The minimum atomic E-state index is -3.53. The van der Waals surface area contributed by atoms with Crippen molar-refractivity contribution < 1.29 is 13.2 Å². The van der Waals surface area contributed by atoms with Gasteiger partial charge in [0.25, 0.3) is 5.91 Å². The molecule has 3 rings (SSSR count). The number of piperidine rings is 1. The van der Waals surface area contributed by atoms with E-state index < -0.39 is 10.0 Å². The Morgan fingerprint density at radius 3 is 2.61 bits per heavy atom. The third-order valence-electron chi connectivity index (χ3n) is 3.94. The van der Waals surface area contributed by atoms with Crippen molar-refractivity contribution in [1.82, 2.24) is 15.4 Å². The molecule has 0 unspecified atom stereocenters. The van der Waals surface area contributed by atoms with Crippen molar-refractivity contribution in [2.45, 2.75) is 42.7 Å². The van der Waals surface area contributed by atoms with E-state index in [2.05, 4.69) is 15.4 Å². The van der Waals surface area contributed by atoms with Crippen LogP contribution >= 0.6 is 12.4 Å². The second kappa shape index (κ2) is 7.61. The molecule has 1 aliphatic carbocycles. The third kappa shape index (κ3) is 4.91. The van der Waals surface area contributed by atoms with Gasteiger partial charge in [0.1, 0.15) is 0 Å². The fourth-order valence-electron chi connectivity index (χ4n) is 2.54. The molecule has 3 N–H and O–H groups in total. The number of halogens is 1. The van der Waals surface area contributed by atoms with Gasteiger partial charge in [0.05, 0.1) is 4.90 Å². The maximum absolute atomic E-state index is 12.3. The van der Waals surface area contributed by atoms with Gasteiger partial charge in [-0.15, -0.1) is 12.4 Å². The van der Waals surface area contributed by atoms with Crippen LogP contribution in [0.5, 0.6) is 0 Å². The highest BCUT2D eigenvalue weighted by Crippen LogP contribution is 2.22. The summed E-state index contributed by atoms with van der Waals surface area (Å²) < 4.78 is 27.0. The molecule has 23 heavy (non-hydrogen) atoms. The standard InChI is InChI=1S/C15H21N3O3S.ClH/c19-15(17-13-4-2-8-16-10-13)11-3-1-5-14(9-11)22(20,21)18-12-6-7-12;/h1,3,5,9,12-13,16,18H,2,4,6-8,10H2,(H,17,19);1H/t13-;/m0./s1. The first-order valence-electron chi connectivity index (χ1n) is 7.68. The number of carbonyl (C=O) groups is 1. The number of amides is 1. The van der Waals surface area contributed by atoms with E-state index >= 15 is 0 Å². The van der Waals surface area contributed by atoms with Crippen molar-refractivity contribution in [3.8, 4) is 0 Å². The molecule has 1 aromatic carbocycles. The van der Waals surface area contributed by atoms with E-state index in [0.29, 0.717) is 5.56 Å². The maximum Gasteiger partial charge on any atom is 0.251 e. The molecular weight excluding hydrogens is 338 g/mol. The molecule has 0 spiro atoms. The number of rotatable bonds is 5. The number of sulfonamides is 1. The van der Waals surface area contributed by atoms with Crippen LogP contribution in [0.1, 0.15) is 36.0 Å². The van der Waals surface area contributed by atoms with Gasteiger partial charge >= 0.3 is 0 Å². The lowest BCUT2D eigenvalue weighted by atomic mass is 10.1. The van der Waals surface area contributed by atoms with Gasteiger partial charge in [0, 0.05) is 24.2 Å². The predicted molar refractivity (Wildman–Crippen MR) is 90.4 cm³/mol. The van der Waals surface area contributed by atoms with E-state index in [1.54, 1.807) is 12.1 Å². The Kier molecular flexibility index (Phi) is 6.02. The lowest BCUT2D eigenvalue weighted by Crippen LogP contribution is -2.45. The second-order valence-corrected chi connectivity index (χ2v) is 7.65. The van der Waals surface area contributed by atoms with Crippen molar-refractivity contribution in [1.29, 1.82) is 0 Å². The van der Waals surface area contributed by atoms with Gasteiger partial charge in [-0.1, -0.05) is 6.07 Å². The average molecular weight is 360 g/mol. The van der Waals surface area contributed by atoms with Crippen molar-refractivity contribution in [2.24, 2.45) is 0 Å². The Labute approximate surface area is 142 Å². The van der Waals surface area contributed by atoms with Crippen LogP contribution in [0.4, 0.5) is 0 Å². The van der Waals surface area contributed by atoms with E-state index in [1.807, 2.05) is 0 Å². The van der Waals surface area contributed by atoms with Gasteiger partial charge in [-0.05, 0) is 50.4 Å². The first-order chi connectivity index (χ1) is 10.5. The molecule has 1 aliphatic heterocycles. The summed E-state index contributed by atoms with van der Waals surface area (Å²) in [5.74, 6) is -0.225. The molecule has 1 saturated heterocycles. The summed E-state index contributed by atoms with van der Waals surface area (Å²) in [5, 5.41) is 6.19. The topological polar surface area (TPSA) is 87.3 Å². The molecule has 128 valence electrons. The van der Waals surface area contributed by atoms with Crippen LogP contribution in [-0.2, 0) is 10.0 Å². The highest BCUT2D eigenvalue weighted by molar-refractivity contribution is 7.89. The average Bonchev–Trinajstić information content (AvgIpc) is 3.32. The first kappa shape index (κ1) is 18.2. The fraction of sp³-hybridized carbons (Fsp3) is 0.533. The molecule has 1 amide bonds. The number of carbonyl (C=O) groups excluding carboxylic acids is 1. The van der Waals surface area contributed by atoms with Crippen LogP contribution in [0.2, 0.25) is 0 Å². The lowest BCUT2D eigenvalue weighted by Gasteiger charge is -2.23. The molecule has 0 radical (unpaired) electrons. The number of nitrogens with one attached hydrogen (secondary N) is 3. The molecule has 1 aromatic rings. The molecule has 1 heterocycles. The number of hydrogen-bond donors (Lipinski definition) is 3. The van der Waals surface area contributed by atoms with Gasteiger partial charge in [-0.2, -0.15) is 0 Å². The van der Waals surface area contributed by atoms with Crippen LogP contribution in [-0.4, -0.2) is 39.5 Å². The zero-order valence-corrected chi connectivity index (χ0v) is 14.4. The van der Waals surface area contributed by atoms with Gasteiger partial charge in [0.15, 0.2) is 0 Å². The fourth-order valence-corrected chi connectivity index (χ4v) is 3.89. The van der Waals surface area contributed by atoms with Crippen molar-refractivity contribution >= 4 is 28.3 Å². The summed E-state index contributed by atoms with van der Waals surface area (Å²) in [6.07, 6.45) is 3.74. The first-order valence-corrected chi connectivity index (χ1v) is 9.17. The molecule has 2 fully saturated rings. The largest absolute Gasteiger partial charge is 0.348 e. The van der Waals surface area contributed by atoms with Crippen LogP contribution in [0.25, 0.3) is 0 Å². The minimum absolute atomic E-state index is 0. The Balaban J connectivity index is 0.00000192. The maximum atomic E-state index is 12.3. The Morgan fingerprint density at radius 2 is 1.96 bits per heavy atom. The van der Waals surface area contributed by atoms with Gasteiger partial charge in [-0.25, -0.2) is 13.1 Å². The summed E-state index contributed by atoms with van der Waals surface area (Å²) in [7, 11) is -3.53. The second-order valence-electron chi connectivity index (χ2n) is 5.94. The van der Waals surface area contributed by atoms with Crippen LogP contribution in [0.15, 0.2) is 29.2 Å². The van der Waals surface area contributed by atoms with E-state index in [0.717, 1.165) is 38.8 Å². The smallest absolute Gasteiger partial charge is 0.251 e. The van der Waals surface area contributed by atoms with Crippen molar-refractivity contribution in [2.75, 3.05) is 13.1 Å². The normalized spacial score (nSPS) is 21.3. The zero-order chi connectivity index (χ0) is 15.6. The monoisotopic (exact) mass is 359 g/mol. The quantitative estimate of drug-likeness (QED) is 0.732. The Bertz CT molecular complexity index is 656. The third-order valence-corrected chi connectivity index (χ3v) is 5.46. The van der Waals surface area contributed by atoms with Gasteiger partial charge in [0.2, 0.25) is 10.0 Å². The minimum Gasteiger partial charge on any atom is -0.348 e. The Hall–Kier alpha value is -1.15. The van der Waals surface area contributed by atoms with Crippen molar-refractivity contribution in [3.05, 3.63) is 29.8 Å². The van der Waals surface area contributed by atoms with Crippen LogP contribution < -0.4 is 15.4 Å². The van der Waals surface area contributed by atoms with E-state index in [9.17, 15) is 13.2 Å². The summed E-state index contributed by atoms with van der Waals surface area (Å²) in [6, 6.07) is 6.36. The molecule has 2 aliphatic rings. The summed E-state index contributed by atoms with van der Waals surface area (Å²) in [6.45, 7) is 1.74. The highest BCUT2D eigenvalue weighted by Gasteiger charge is 2.28. The summed E-state index contributed by atoms with van der Waals surface area (Å²) in [4.78, 5) is 12.4. The van der Waals surface area contributed by atoms with Gasteiger partial charge < -0.3 is 10.6 Å². The Morgan fingerprint density at radius 1 is 1.17 bits per heavy atom. The lowest BCUT2D eigenvalue weighted by molar-refractivity contribution is 0.0930. The molecular formula is C15H22ClN3O3S. The molecule has 1 atom stereocenters. The molecule has 0 aromatic heterocycles. The highest BCUT2D eigenvalue weighted by atomic mass is 35.5. The predicted octanol–water partition coefficient (Wildman–Crippen LogP) is 1.03. The zero-order valence-electron chi connectivity index (χ0n) is 12.7. The molecule has 8 heteroatoms. The van der Waals surface area contributed by atoms with Crippen LogP contribution in [0, 0.1) is 0 Å². The van der Waals surface area contributed by atoms with Crippen molar-refractivity contribution in [3.63, 3.8) is 0 Å². The van der Waals surface area contributed by atoms with Crippen LogP contribution in [0.3, 0.4) is 0 Å². The van der Waals surface area contributed by atoms with E-state index in [4.69, 9.17) is 0 Å². The van der Waals surface area contributed by atoms with Gasteiger partial charge in [-0.3, -0.25) is 4.79 Å². The van der Waals surface area contributed by atoms with E-state index in [-0.39, 0.29) is 35.3 Å². The molecule has 0 bridgehead atoms. The molecule has 6 nitrogen and oxygen atoms in total. The summed E-state index contributed by atoms with van der Waals surface area (Å²) in [5.41, 5.74) is 0.379. The number of benzene rings is 1. The SMILES string of the molecule is Cl.O=C(N[C@H]1CCCNC1)c1cccc(S(=O)(=O)NC2CC2)c1. The molecule has 1 saturated carbocycles. The van der Waals surface area contributed by atoms with E-state index in [1.165, 1.54) is 12.1 Å². The number of hydrogen-bond acceptors (Lipinski definition) is 4. The summed E-state index contributed by atoms with van der Waals surface area (Å²) >= 11 is 0.